The first-order chi connectivity index (χ1) is 13.7. The number of nitrogens with one attached hydrogen (secondary N) is 3. The highest BCUT2D eigenvalue weighted by Crippen LogP contribution is 2.32. The smallest absolute Gasteiger partial charge is 0.407 e. The second-order valence-electron chi connectivity index (χ2n) is 8.10. The Kier molecular flexibility index (Phi) is 5.76. The molecule has 4 amide bonds. The standard InChI is InChI=1S/C20H26N4O5/c1-20(2,3)29-19(28)22-10-9-21-13-6-4-5-12-11-24(18(27)16(12)13)14-7-8-15(25)23-17(14)26/h4-6,14,21H,7-11H2,1-3H3,(H,22,28)(H,23,25,26). The predicted octanol–water partition coefficient (Wildman–Crippen LogP) is 1.38. The summed E-state index contributed by atoms with van der Waals surface area (Å²) in [5.41, 5.74) is 1.43. The molecule has 0 spiro atoms. The van der Waals surface area contributed by atoms with E-state index < -0.39 is 23.6 Å². The second-order valence-corrected chi connectivity index (χ2v) is 8.10. The Morgan fingerprint density at radius 2 is 2.00 bits per heavy atom. The molecular weight excluding hydrogens is 376 g/mol. The Morgan fingerprint density at radius 3 is 2.69 bits per heavy atom. The Balaban J connectivity index is 1.60. The molecule has 3 rings (SSSR count). The summed E-state index contributed by atoms with van der Waals surface area (Å²) in [7, 11) is 0. The Morgan fingerprint density at radius 1 is 1.24 bits per heavy atom. The quantitative estimate of drug-likeness (QED) is 0.506. The molecular formula is C20H26N4O5. The average molecular weight is 402 g/mol. The summed E-state index contributed by atoms with van der Waals surface area (Å²) in [6, 6.07) is 4.83. The summed E-state index contributed by atoms with van der Waals surface area (Å²) < 4.78 is 5.18. The number of fused-ring (bicyclic) bond motifs is 1. The van der Waals surface area contributed by atoms with E-state index >= 15 is 0 Å². The zero-order valence-corrected chi connectivity index (χ0v) is 16.8. The lowest BCUT2D eigenvalue weighted by Crippen LogP contribution is -2.52. The van der Waals surface area contributed by atoms with Gasteiger partial charge < -0.3 is 20.3 Å². The van der Waals surface area contributed by atoms with Crippen molar-refractivity contribution in [3.8, 4) is 0 Å². The van der Waals surface area contributed by atoms with Crippen LogP contribution < -0.4 is 16.0 Å². The van der Waals surface area contributed by atoms with Gasteiger partial charge in [-0.15, -0.1) is 0 Å². The molecule has 29 heavy (non-hydrogen) atoms. The number of benzene rings is 1. The zero-order valence-electron chi connectivity index (χ0n) is 16.8. The first-order valence-electron chi connectivity index (χ1n) is 9.63. The third kappa shape index (κ3) is 4.85. The van der Waals surface area contributed by atoms with Gasteiger partial charge in [0.1, 0.15) is 11.6 Å². The molecule has 0 saturated carbocycles. The predicted molar refractivity (Wildman–Crippen MR) is 105 cm³/mol. The van der Waals surface area contributed by atoms with Crippen LogP contribution in [0.5, 0.6) is 0 Å². The number of carbonyl (C=O) groups is 4. The van der Waals surface area contributed by atoms with Gasteiger partial charge in [0.05, 0.1) is 5.56 Å². The van der Waals surface area contributed by atoms with Gasteiger partial charge in [-0.3, -0.25) is 19.7 Å². The maximum absolute atomic E-state index is 13.0. The van der Waals surface area contributed by atoms with Gasteiger partial charge in [0, 0.05) is 31.7 Å². The molecule has 1 fully saturated rings. The Hall–Kier alpha value is -3.10. The molecule has 1 saturated heterocycles. The van der Waals surface area contributed by atoms with E-state index in [4.69, 9.17) is 4.74 Å². The van der Waals surface area contributed by atoms with Gasteiger partial charge in [0.2, 0.25) is 11.8 Å². The second kappa shape index (κ2) is 8.10. The van der Waals surface area contributed by atoms with E-state index in [1.165, 1.54) is 4.90 Å². The van der Waals surface area contributed by atoms with Crippen LogP contribution in [0.3, 0.4) is 0 Å². The zero-order chi connectivity index (χ0) is 21.2. The molecule has 0 aromatic heterocycles. The molecule has 2 aliphatic rings. The minimum Gasteiger partial charge on any atom is -0.444 e. The third-order valence-corrected chi connectivity index (χ3v) is 4.66. The Bertz CT molecular complexity index is 846. The highest BCUT2D eigenvalue weighted by Gasteiger charge is 2.40. The molecule has 9 heteroatoms. The number of alkyl carbamates (subject to hydrolysis) is 1. The summed E-state index contributed by atoms with van der Waals surface area (Å²) in [4.78, 5) is 49.7. The van der Waals surface area contributed by atoms with Crippen molar-refractivity contribution in [1.82, 2.24) is 15.5 Å². The van der Waals surface area contributed by atoms with E-state index in [2.05, 4.69) is 16.0 Å². The van der Waals surface area contributed by atoms with E-state index in [0.717, 1.165) is 5.56 Å². The molecule has 9 nitrogen and oxygen atoms in total. The van der Waals surface area contributed by atoms with E-state index in [0.29, 0.717) is 37.3 Å². The normalized spacial score (nSPS) is 18.9. The molecule has 2 heterocycles. The van der Waals surface area contributed by atoms with Gasteiger partial charge in [-0.2, -0.15) is 0 Å². The van der Waals surface area contributed by atoms with Crippen molar-refractivity contribution in [2.45, 2.75) is 51.8 Å². The van der Waals surface area contributed by atoms with Crippen LogP contribution in [0.2, 0.25) is 0 Å². The molecule has 0 aliphatic carbocycles. The summed E-state index contributed by atoms with van der Waals surface area (Å²) in [6.07, 6.45) is 0.0444. The van der Waals surface area contributed by atoms with Crippen molar-refractivity contribution in [1.29, 1.82) is 0 Å². The summed E-state index contributed by atoms with van der Waals surface area (Å²) in [5.74, 6) is -0.980. The topological polar surface area (TPSA) is 117 Å². The minimum atomic E-state index is -0.644. The lowest BCUT2D eigenvalue weighted by atomic mass is 10.0. The van der Waals surface area contributed by atoms with Crippen LogP contribution in [0.25, 0.3) is 0 Å². The summed E-state index contributed by atoms with van der Waals surface area (Å²) in [5, 5.41) is 8.12. The fourth-order valence-electron chi connectivity index (χ4n) is 3.44. The molecule has 0 bridgehead atoms. The van der Waals surface area contributed by atoms with Crippen LogP contribution >= 0.6 is 0 Å². The van der Waals surface area contributed by atoms with Gasteiger partial charge in [-0.05, 0) is 38.8 Å². The van der Waals surface area contributed by atoms with Crippen LogP contribution in [0, 0.1) is 0 Å². The first-order valence-corrected chi connectivity index (χ1v) is 9.63. The van der Waals surface area contributed by atoms with Crippen LogP contribution in [-0.4, -0.2) is 53.4 Å². The number of imide groups is 1. The van der Waals surface area contributed by atoms with Crippen molar-refractivity contribution < 1.29 is 23.9 Å². The fourth-order valence-corrected chi connectivity index (χ4v) is 3.44. The van der Waals surface area contributed by atoms with Crippen LogP contribution in [0.4, 0.5) is 10.5 Å². The van der Waals surface area contributed by atoms with Crippen molar-refractivity contribution >= 4 is 29.5 Å². The number of hydrogen-bond acceptors (Lipinski definition) is 6. The number of hydrogen-bond donors (Lipinski definition) is 3. The highest BCUT2D eigenvalue weighted by molar-refractivity contribution is 6.07. The van der Waals surface area contributed by atoms with Gasteiger partial charge in [0.15, 0.2) is 0 Å². The molecule has 1 aromatic carbocycles. The van der Waals surface area contributed by atoms with E-state index in [-0.39, 0.29) is 18.2 Å². The largest absolute Gasteiger partial charge is 0.444 e. The average Bonchev–Trinajstić information content (AvgIpc) is 2.95. The number of piperidine rings is 1. The van der Waals surface area contributed by atoms with Gasteiger partial charge in [-0.1, -0.05) is 12.1 Å². The number of rotatable bonds is 5. The lowest BCUT2D eigenvalue weighted by molar-refractivity contribution is -0.136. The number of ether oxygens (including phenoxy) is 1. The third-order valence-electron chi connectivity index (χ3n) is 4.66. The summed E-state index contributed by atoms with van der Waals surface area (Å²) >= 11 is 0. The maximum Gasteiger partial charge on any atom is 0.407 e. The van der Waals surface area contributed by atoms with E-state index in [9.17, 15) is 19.2 Å². The fraction of sp³-hybridized carbons (Fsp3) is 0.500. The van der Waals surface area contributed by atoms with Crippen LogP contribution in [0.1, 0.15) is 49.5 Å². The molecule has 0 radical (unpaired) electrons. The van der Waals surface area contributed by atoms with Crippen molar-refractivity contribution in [2.24, 2.45) is 0 Å². The van der Waals surface area contributed by atoms with Crippen molar-refractivity contribution in [3.63, 3.8) is 0 Å². The lowest BCUT2D eigenvalue weighted by Gasteiger charge is -2.29. The molecule has 156 valence electrons. The highest BCUT2D eigenvalue weighted by atomic mass is 16.6. The summed E-state index contributed by atoms with van der Waals surface area (Å²) in [6.45, 7) is 6.42. The molecule has 3 N–H and O–H groups in total. The van der Waals surface area contributed by atoms with E-state index in [1.807, 2.05) is 12.1 Å². The van der Waals surface area contributed by atoms with Gasteiger partial charge in [0.25, 0.3) is 5.91 Å². The minimum absolute atomic E-state index is 0.220. The molecule has 1 aromatic rings. The molecule has 2 aliphatic heterocycles. The van der Waals surface area contributed by atoms with Gasteiger partial charge in [-0.25, -0.2) is 4.79 Å². The SMILES string of the molecule is CC(C)(C)OC(=O)NCCNc1cccc2c1C(=O)N(C1CCC(=O)NC1=O)C2. The van der Waals surface area contributed by atoms with E-state index in [1.54, 1.807) is 26.8 Å². The maximum atomic E-state index is 13.0. The number of amides is 4. The first kappa shape index (κ1) is 20.6. The van der Waals surface area contributed by atoms with Gasteiger partial charge >= 0.3 is 6.09 Å². The number of carbonyl (C=O) groups excluding carboxylic acids is 4. The van der Waals surface area contributed by atoms with Crippen LogP contribution in [-0.2, 0) is 20.9 Å². The molecule has 1 atom stereocenters. The monoisotopic (exact) mass is 402 g/mol. The van der Waals surface area contributed by atoms with Crippen molar-refractivity contribution in [3.05, 3.63) is 29.3 Å². The van der Waals surface area contributed by atoms with Crippen molar-refractivity contribution in [2.75, 3.05) is 18.4 Å². The number of nitrogens with zero attached hydrogens (tertiary/aromatic N) is 1. The molecule has 1 unspecified atom stereocenters. The number of anilines is 1. The van der Waals surface area contributed by atoms with Crippen LogP contribution in [0.15, 0.2) is 18.2 Å². The Labute approximate surface area is 169 Å².